The van der Waals surface area contributed by atoms with Crippen LogP contribution in [0, 0.1) is 0 Å². The smallest absolute Gasteiger partial charge is 0.126 e. The summed E-state index contributed by atoms with van der Waals surface area (Å²) in [6, 6.07) is 15.3. The van der Waals surface area contributed by atoms with Crippen molar-refractivity contribution in [2.24, 2.45) is 0 Å². The van der Waals surface area contributed by atoms with Gasteiger partial charge in [0, 0.05) is 11.0 Å². The van der Waals surface area contributed by atoms with Gasteiger partial charge in [-0.25, -0.2) is 0 Å². The highest BCUT2D eigenvalue weighted by Gasteiger charge is 2.28. The second-order valence-corrected chi connectivity index (χ2v) is 6.03. The van der Waals surface area contributed by atoms with Crippen molar-refractivity contribution in [2.45, 2.75) is 46.0 Å². The summed E-state index contributed by atoms with van der Waals surface area (Å²) in [6.45, 7) is 8.95. The van der Waals surface area contributed by atoms with E-state index in [1.807, 2.05) is 0 Å². The largest absolute Gasteiger partial charge is 0.496 e. The highest BCUT2D eigenvalue weighted by Crippen LogP contribution is 2.40. The monoisotopic (exact) mass is 282 g/mol. The molecule has 2 aromatic carbocycles. The second kappa shape index (κ2) is 6.34. The summed E-state index contributed by atoms with van der Waals surface area (Å²) in [4.78, 5) is 0. The summed E-state index contributed by atoms with van der Waals surface area (Å²) < 4.78 is 5.77. The van der Waals surface area contributed by atoms with Crippen LogP contribution in [-0.4, -0.2) is 7.11 Å². The first kappa shape index (κ1) is 15.6. The zero-order valence-electron chi connectivity index (χ0n) is 13.9. The molecule has 2 rings (SSSR count). The molecule has 0 amide bonds. The standard InChI is InChI=1S/C20H26O/c1-6-15-13-16(7-2)19(21-5)18(14-15)20(3,4)17-11-9-8-10-12-17/h8-14H,6-7H2,1-5H3. The maximum atomic E-state index is 5.77. The molecule has 0 heterocycles. The van der Waals surface area contributed by atoms with Gasteiger partial charge in [0.1, 0.15) is 5.75 Å². The van der Waals surface area contributed by atoms with Crippen LogP contribution in [-0.2, 0) is 18.3 Å². The SMILES string of the molecule is CCc1cc(CC)c(OC)c(C(C)(C)c2ccccc2)c1. The van der Waals surface area contributed by atoms with Gasteiger partial charge in [-0.1, -0.05) is 70.2 Å². The molecule has 0 aliphatic rings. The molecule has 0 N–H and O–H groups in total. The lowest BCUT2D eigenvalue weighted by Gasteiger charge is -2.29. The minimum absolute atomic E-state index is 0.0678. The Morgan fingerprint density at radius 2 is 1.62 bits per heavy atom. The molecule has 0 spiro atoms. The van der Waals surface area contributed by atoms with Crippen molar-refractivity contribution in [3.05, 3.63) is 64.7 Å². The molecule has 0 bridgehead atoms. The first-order valence-electron chi connectivity index (χ1n) is 7.80. The van der Waals surface area contributed by atoms with Crippen LogP contribution in [0.25, 0.3) is 0 Å². The molecular formula is C20H26O. The van der Waals surface area contributed by atoms with E-state index in [2.05, 4.69) is 70.2 Å². The molecule has 112 valence electrons. The van der Waals surface area contributed by atoms with E-state index in [1.165, 1.54) is 22.3 Å². The Labute approximate surface area is 129 Å². The molecule has 2 aromatic rings. The van der Waals surface area contributed by atoms with E-state index in [9.17, 15) is 0 Å². The molecule has 1 nitrogen and oxygen atoms in total. The average Bonchev–Trinajstić information content (AvgIpc) is 2.54. The van der Waals surface area contributed by atoms with Crippen LogP contribution < -0.4 is 4.74 Å². The Balaban J connectivity index is 2.66. The van der Waals surface area contributed by atoms with E-state index < -0.39 is 0 Å². The summed E-state index contributed by atoms with van der Waals surface area (Å²) in [7, 11) is 1.78. The summed E-state index contributed by atoms with van der Waals surface area (Å²) in [5, 5.41) is 0. The van der Waals surface area contributed by atoms with Crippen molar-refractivity contribution >= 4 is 0 Å². The molecule has 1 heteroatoms. The lowest BCUT2D eigenvalue weighted by Crippen LogP contribution is -2.21. The van der Waals surface area contributed by atoms with Crippen molar-refractivity contribution in [3.8, 4) is 5.75 Å². The molecule has 0 radical (unpaired) electrons. The van der Waals surface area contributed by atoms with Crippen molar-refractivity contribution < 1.29 is 4.74 Å². The average molecular weight is 282 g/mol. The third kappa shape index (κ3) is 2.97. The number of rotatable bonds is 5. The van der Waals surface area contributed by atoms with Crippen molar-refractivity contribution in [3.63, 3.8) is 0 Å². The highest BCUT2D eigenvalue weighted by molar-refractivity contribution is 5.52. The summed E-state index contributed by atoms with van der Waals surface area (Å²) in [6.07, 6.45) is 2.05. The molecule has 21 heavy (non-hydrogen) atoms. The first-order valence-corrected chi connectivity index (χ1v) is 7.80. The van der Waals surface area contributed by atoms with Crippen LogP contribution in [0.1, 0.15) is 49.9 Å². The molecule has 0 aliphatic heterocycles. The van der Waals surface area contributed by atoms with Crippen LogP contribution in [0.15, 0.2) is 42.5 Å². The number of methoxy groups -OCH3 is 1. The zero-order chi connectivity index (χ0) is 15.5. The van der Waals surface area contributed by atoms with Gasteiger partial charge in [-0.2, -0.15) is 0 Å². The van der Waals surface area contributed by atoms with Crippen LogP contribution in [0.4, 0.5) is 0 Å². The van der Waals surface area contributed by atoms with Crippen molar-refractivity contribution in [2.75, 3.05) is 7.11 Å². The van der Waals surface area contributed by atoms with Gasteiger partial charge < -0.3 is 4.74 Å². The van der Waals surface area contributed by atoms with Gasteiger partial charge in [-0.15, -0.1) is 0 Å². The molecule has 0 saturated carbocycles. The summed E-state index contributed by atoms with van der Waals surface area (Å²) in [5.41, 5.74) is 5.22. The topological polar surface area (TPSA) is 9.23 Å². The quantitative estimate of drug-likeness (QED) is 0.737. The molecule has 0 unspecified atom stereocenters. The van der Waals surface area contributed by atoms with Gasteiger partial charge >= 0.3 is 0 Å². The number of aryl methyl sites for hydroxylation is 2. The fourth-order valence-corrected chi connectivity index (χ4v) is 2.94. The minimum Gasteiger partial charge on any atom is -0.496 e. The van der Waals surface area contributed by atoms with E-state index in [-0.39, 0.29) is 5.41 Å². The van der Waals surface area contributed by atoms with Gasteiger partial charge in [0.05, 0.1) is 7.11 Å². The van der Waals surface area contributed by atoms with Gasteiger partial charge in [-0.3, -0.25) is 0 Å². The number of benzene rings is 2. The Morgan fingerprint density at radius 1 is 0.952 bits per heavy atom. The Bertz CT molecular complexity index is 597. The van der Waals surface area contributed by atoms with Gasteiger partial charge in [-0.05, 0) is 29.5 Å². The fraction of sp³-hybridized carbons (Fsp3) is 0.400. The lowest BCUT2D eigenvalue weighted by molar-refractivity contribution is 0.396. The van der Waals surface area contributed by atoms with E-state index in [0.29, 0.717) is 0 Å². The Morgan fingerprint density at radius 3 is 2.14 bits per heavy atom. The Hall–Kier alpha value is -1.76. The predicted molar refractivity (Wildman–Crippen MR) is 90.3 cm³/mol. The normalized spacial score (nSPS) is 11.5. The third-order valence-electron chi connectivity index (χ3n) is 4.39. The summed E-state index contributed by atoms with van der Waals surface area (Å²) in [5.74, 6) is 1.04. The molecular weight excluding hydrogens is 256 g/mol. The molecule has 0 aliphatic carbocycles. The van der Waals surface area contributed by atoms with E-state index in [4.69, 9.17) is 4.74 Å². The fourth-order valence-electron chi connectivity index (χ4n) is 2.94. The molecule has 0 atom stereocenters. The Kier molecular flexibility index (Phi) is 4.72. The number of ether oxygens (including phenoxy) is 1. The highest BCUT2D eigenvalue weighted by atomic mass is 16.5. The van der Waals surface area contributed by atoms with Crippen molar-refractivity contribution in [1.82, 2.24) is 0 Å². The van der Waals surface area contributed by atoms with Crippen molar-refractivity contribution in [1.29, 1.82) is 0 Å². The van der Waals surface area contributed by atoms with Crippen LogP contribution >= 0.6 is 0 Å². The molecule has 0 fully saturated rings. The number of hydrogen-bond donors (Lipinski definition) is 0. The predicted octanol–water partition coefficient (Wildman–Crippen LogP) is 5.15. The van der Waals surface area contributed by atoms with E-state index in [1.54, 1.807) is 7.11 Å². The lowest BCUT2D eigenvalue weighted by atomic mass is 9.76. The maximum Gasteiger partial charge on any atom is 0.126 e. The molecule has 0 saturated heterocycles. The van der Waals surface area contributed by atoms with Gasteiger partial charge in [0.15, 0.2) is 0 Å². The van der Waals surface area contributed by atoms with Gasteiger partial charge in [0.2, 0.25) is 0 Å². The third-order valence-corrected chi connectivity index (χ3v) is 4.39. The zero-order valence-corrected chi connectivity index (χ0v) is 13.9. The van der Waals surface area contributed by atoms with E-state index in [0.717, 1.165) is 18.6 Å². The number of hydrogen-bond acceptors (Lipinski definition) is 1. The van der Waals surface area contributed by atoms with Gasteiger partial charge in [0.25, 0.3) is 0 Å². The second-order valence-electron chi connectivity index (χ2n) is 6.03. The first-order chi connectivity index (χ1) is 10.0. The van der Waals surface area contributed by atoms with Crippen LogP contribution in [0.3, 0.4) is 0 Å². The minimum atomic E-state index is -0.0678. The summed E-state index contributed by atoms with van der Waals surface area (Å²) >= 11 is 0. The maximum absolute atomic E-state index is 5.77. The van der Waals surface area contributed by atoms with Crippen LogP contribution in [0.2, 0.25) is 0 Å². The van der Waals surface area contributed by atoms with E-state index >= 15 is 0 Å². The molecule has 0 aromatic heterocycles. The van der Waals surface area contributed by atoms with Crippen LogP contribution in [0.5, 0.6) is 5.75 Å².